The van der Waals surface area contributed by atoms with Crippen molar-refractivity contribution in [3.8, 4) is 11.8 Å². The first-order chi connectivity index (χ1) is 10.2. The van der Waals surface area contributed by atoms with E-state index in [1.165, 1.54) is 0 Å². The van der Waals surface area contributed by atoms with Crippen LogP contribution in [0.1, 0.15) is 11.3 Å². The number of phenolic OH excluding ortho intramolecular Hbond substituents is 1. The molecule has 0 amide bonds. The van der Waals surface area contributed by atoms with Crippen LogP contribution in [-0.2, 0) is 0 Å². The van der Waals surface area contributed by atoms with Gasteiger partial charge in [0.05, 0.1) is 11.2 Å². The number of benzene rings is 2. The maximum atomic E-state index is 9.58. The van der Waals surface area contributed by atoms with Gasteiger partial charge in [-0.2, -0.15) is 5.26 Å². The Bertz CT molecular complexity index is 866. The summed E-state index contributed by atoms with van der Waals surface area (Å²) < 4.78 is 0. The molecule has 2 aromatic carbocycles. The SMILES string of the molecule is Cc1cc(Nc2cc(C#N)nc3ccccc23)ccc1O. The summed E-state index contributed by atoms with van der Waals surface area (Å²) in [6, 6.07) is 16.8. The Kier molecular flexibility index (Phi) is 3.17. The molecule has 0 unspecified atom stereocenters. The molecule has 1 aromatic heterocycles. The van der Waals surface area contributed by atoms with Gasteiger partial charge in [-0.25, -0.2) is 4.98 Å². The largest absolute Gasteiger partial charge is 0.508 e. The Morgan fingerprint density at radius 2 is 1.95 bits per heavy atom. The Hall–Kier alpha value is -3.06. The van der Waals surface area contributed by atoms with Crippen LogP contribution in [-0.4, -0.2) is 10.1 Å². The smallest absolute Gasteiger partial charge is 0.143 e. The van der Waals surface area contributed by atoms with Gasteiger partial charge in [-0.05, 0) is 42.8 Å². The van der Waals surface area contributed by atoms with Crippen molar-refractivity contribution in [2.45, 2.75) is 6.92 Å². The monoisotopic (exact) mass is 275 g/mol. The summed E-state index contributed by atoms with van der Waals surface area (Å²) in [5.74, 6) is 0.262. The topological polar surface area (TPSA) is 68.9 Å². The third-order valence-corrected chi connectivity index (χ3v) is 3.31. The van der Waals surface area contributed by atoms with Crippen LogP contribution in [0.5, 0.6) is 5.75 Å². The highest BCUT2D eigenvalue weighted by molar-refractivity contribution is 5.93. The fraction of sp³-hybridized carbons (Fsp3) is 0.0588. The van der Waals surface area contributed by atoms with Crippen LogP contribution in [0, 0.1) is 18.3 Å². The zero-order valence-electron chi connectivity index (χ0n) is 11.5. The van der Waals surface area contributed by atoms with Crippen molar-refractivity contribution in [1.82, 2.24) is 4.98 Å². The Labute approximate surface area is 122 Å². The number of anilines is 2. The zero-order chi connectivity index (χ0) is 14.8. The summed E-state index contributed by atoms with van der Waals surface area (Å²) in [5, 5.41) is 22.9. The summed E-state index contributed by atoms with van der Waals surface area (Å²) in [5.41, 5.74) is 3.60. The average Bonchev–Trinajstić information content (AvgIpc) is 2.51. The number of aromatic hydroxyl groups is 1. The maximum absolute atomic E-state index is 9.58. The fourth-order valence-corrected chi connectivity index (χ4v) is 2.22. The second-order valence-electron chi connectivity index (χ2n) is 4.81. The number of pyridine rings is 1. The highest BCUT2D eigenvalue weighted by Crippen LogP contribution is 2.28. The van der Waals surface area contributed by atoms with Gasteiger partial charge in [0.25, 0.3) is 0 Å². The van der Waals surface area contributed by atoms with Gasteiger partial charge in [0.1, 0.15) is 17.5 Å². The summed E-state index contributed by atoms with van der Waals surface area (Å²) in [7, 11) is 0. The van der Waals surface area contributed by atoms with Crippen molar-refractivity contribution >= 4 is 22.3 Å². The fourth-order valence-electron chi connectivity index (χ4n) is 2.22. The third-order valence-electron chi connectivity index (χ3n) is 3.31. The molecule has 0 aliphatic rings. The second-order valence-corrected chi connectivity index (χ2v) is 4.81. The number of nitriles is 1. The van der Waals surface area contributed by atoms with Gasteiger partial charge in [0, 0.05) is 11.1 Å². The molecule has 1 heterocycles. The van der Waals surface area contributed by atoms with Gasteiger partial charge in [-0.1, -0.05) is 18.2 Å². The number of rotatable bonds is 2. The Morgan fingerprint density at radius 3 is 2.71 bits per heavy atom. The molecule has 0 aliphatic heterocycles. The number of hydrogen-bond donors (Lipinski definition) is 2. The first kappa shape index (κ1) is 12.9. The highest BCUT2D eigenvalue weighted by Gasteiger charge is 2.06. The summed E-state index contributed by atoms with van der Waals surface area (Å²) in [6.45, 7) is 1.84. The Morgan fingerprint density at radius 1 is 1.14 bits per heavy atom. The van der Waals surface area contributed by atoms with Crippen molar-refractivity contribution < 1.29 is 5.11 Å². The van der Waals surface area contributed by atoms with E-state index in [0.29, 0.717) is 5.69 Å². The van der Waals surface area contributed by atoms with Crippen molar-refractivity contribution in [2.24, 2.45) is 0 Å². The van der Waals surface area contributed by atoms with Gasteiger partial charge >= 0.3 is 0 Å². The van der Waals surface area contributed by atoms with E-state index in [1.807, 2.05) is 37.3 Å². The van der Waals surface area contributed by atoms with E-state index in [2.05, 4.69) is 16.4 Å². The second kappa shape index (κ2) is 5.14. The quantitative estimate of drug-likeness (QED) is 0.697. The maximum Gasteiger partial charge on any atom is 0.143 e. The van der Waals surface area contributed by atoms with Gasteiger partial charge in [-0.3, -0.25) is 0 Å². The lowest BCUT2D eigenvalue weighted by Crippen LogP contribution is -1.95. The summed E-state index contributed by atoms with van der Waals surface area (Å²) >= 11 is 0. The molecule has 0 saturated carbocycles. The number of hydrogen-bond acceptors (Lipinski definition) is 4. The molecule has 0 spiro atoms. The standard InChI is InChI=1S/C17H13N3O/c1-11-8-12(6-7-17(11)21)19-16-9-13(10-18)20-15-5-3-2-4-14(15)16/h2-9,21H,1H3,(H,19,20). The molecule has 0 aliphatic carbocycles. The molecule has 21 heavy (non-hydrogen) atoms. The minimum absolute atomic E-state index is 0.262. The van der Waals surface area contributed by atoms with Gasteiger partial charge in [0.15, 0.2) is 0 Å². The van der Waals surface area contributed by atoms with E-state index >= 15 is 0 Å². The normalized spacial score (nSPS) is 10.3. The molecule has 0 fully saturated rings. The van der Waals surface area contributed by atoms with Crippen LogP contribution in [0.3, 0.4) is 0 Å². The van der Waals surface area contributed by atoms with Gasteiger partial charge in [0.2, 0.25) is 0 Å². The van der Waals surface area contributed by atoms with Crippen LogP contribution in [0.15, 0.2) is 48.5 Å². The summed E-state index contributed by atoms with van der Waals surface area (Å²) in [4.78, 5) is 4.29. The first-order valence-electron chi connectivity index (χ1n) is 6.54. The van der Waals surface area contributed by atoms with E-state index in [4.69, 9.17) is 5.26 Å². The van der Waals surface area contributed by atoms with Crippen molar-refractivity contribution in [2.75, 3.05) is 5.32 Å². The first-order valence-corrected chi connectivity index (χ1v) is 6.54. The lowest BCUT2D eigenvalue weighted by Gasteiger charge is -2.11. The van der Waals surface area contributed by atoms with Crippen LogP contribution in [0.2, 0.25) is 0 Å². The van der Waals surface area contributed by atoms with Crippen LogP contribution >= 0.6 is 0 Å². The molecule has 0 radical (unpaired) electrons. The average molecular weight is 275 g/mol. The predicted octanol–water partition coefficient (Wildman–Crippen LogP) is 3.86. The molecule has 2 N–H and O–H groups in total. The molecule has 102 valence electrons. The third kappa shape index (κ3) is 2.49. The highest BCUT2D eigenvalue weighted by atomic mass is 16.3. The number of fused-ring (bicyclic) bond motifs is 1. The summed E-state index contributed by atoms with van der Waals surface area (Å²) in [6.07, 6.45) is 0. The number of phenols is 1. The number of aromatic nitrogens is 1. The lowest BCUT2D eigenvalue weighted by atomic mass is 10.1. The van der Waals surface area contributed by atoms with Crippen LogP contribution in [0.25, 0.3) is 10.9 Å². The number of nitrogens with zero attached hydrogens (tertiary/aromatic N) is 2. The van der Waals surface area contributed by atoms with Crippen molar-refractivity contribution in [3.63, 3.8) is 0 Å². The molecule has 0 atom stereocenters. The minimum Gasteiger partial charge on any atom is -0.508 e. The van der Waals surface area contributed by atoms with E-state index in [-0.39, 0.29) is 5.75 Å². The molecule has 3 aromatic rings. The van der Waals surface area contributed by atoms with E-state index in [1.54, 1.807) is 18.2 Å². The zero-order valence-corrected chi connectivity index (χ0v) is 11.5. The van der Waals surface area contributed by atoms with E-state index in [0.717, 1.165) is 27.8 Å². The minimum atomic E-state index is 0.262. The molecule has 3 rings (SSSR count). The molecule has 0 bridgehead atoms. The Balaban J connectivity index is 2.11. The van der Waals surface area contributed by atoms with Crippen molar-refractivity contribution in [3.05, 3.63) is 59.8 Å². The lowest BCUT2D eigenvalue weighted by molar-refractivity contribution is 0.471. The van der Waals surface area contributed by atoms with E-state index < -0.39 is 0 Å². The predicted molar refractivity (Wildman–Crippen MR) is 82.6 cm³/mol. The molecule has 4 nitrogen and oxygen atoms in total. The van der Waals surface area contributed by atoms with Crippen molar-refractivity contribution in [1.29, 1.82) is 5.26 Å². The van der Waals surface area contributed by atoms with Crippen LogP contribution in [0.4, 0.5) is 11.4 Å². The molecule has 4 heteroatoms. The molecular weight excluding hydrogens is 262 g/mol. The number of para-hydroxylation sites is 1. The molecular formula is C17H13N3O. The van der Waals surface area contributed by atoms with Gasteiger partial charge < -0.3 is 10.4 Å². The van der Waals surface area contributed by atoms with Gasteiger partial charge in [-0.15, -0.1) is 0 Å². The number of nitrogens with one attached hydrogen (secondary N) is 1. The molecule has 0 saturated heterocycles. The van der Waals surface area contributed by atoms with Crippen LogP contribution < -0.4 is 5.32 Å². The van der Waals surface area contributed by atoms with E-state index in [9.17, 15) is 5.11 Å². The number of aryl methyl sites for hydroxylation is 1.